The quantitative estimate of drug-likeness (QED) is 0.400. The highest BCUT2D eigenvalue weighted by Gasteiger charge is 2.33. The van der Waals surface area contributed by atoms with E-state index >= 15 is 0 Å². The van der Waals surface area contributed by atoms with Crippen molar-refractivity contribution in [2.45, 2.75) is 38.4 Å². The van der Waals surface area contributed by atoms with Crippen LogP contribution in [0.5, 0.6) is 0 Å². The molecule has 0 saturated heterocycles. The van der Waals surface area contributed by atoms with Gasteiger partial charge >= 0.3 is 12.1 Å². The summed E-state index contributed by atoms with van der Waals surface area (Å²) in [7, 11) is 0. The number of rotatable bonds is 10. The van der Waals surface area contributed by atoms with E-state index < -0.39 is 17.8 Å². The van der Waals surface area contributed by atoms with Gasteiger partial charge in [-0.1, -0.05) is 25.5 Å². The minimum absolute atomic E-state index is 0.0511. The topological polar surface area (TPSA) is 109 Å². The molecule has 1 aromatic carbocycles. The van der Waals surface area contributed by atoms with E-state index in [2.05, 4.69) is 20.6 Å². The van der Waals surface area contributed by atoms with Gasteiger partial charge in [-0.3, -0.25) is 14.2 Å². The van der Waals surface area contributed by atoms with Gasteiger partial charge in [-0.25, -0.2) is 9.97 Å². The molecule has 0 bridgehead atoms. The Labute approximate surface area is 193 Å². The average Bonchev–Trinajstić information content (AvgIpc) is 3.30. The van der Waals surface area contributed by atoms with Crippen LogP contribution in [0.1, 0.15) is 53.8 Å². The Balaban J connectivity index is 1.67. The fraction of sp³-hybridized carbons (Fsp3) is 0.304. The molecule has 0 fully saturated rings. The molecule has 11 heteroatoms. The highest BCUT2D eigenvalue weighted by Crippen LogP contribution is 2.28. The van der Waals surface area contributed by atoms with Crippen LogP contribution < -0.4 is 10.6 Å². The number of amides is 1. The van der Waals surface area contributed by atoms with E-state index in [0.717, 1.165) is 30.9 Å². The fourth-order valence-electron chi connectivity index (χ4n) is 3.28. The number of imidazole rings is 1. The number of pyridine rings is 1. The van der Waals surface area contributed by atoms with Crippen LogP contribution in [0.3, 0.4) is 0 Å². The number of carboxylic acid groups (broad SMARTS) is 1. The third-order valence-corrected chi connectivity index (χ3v) is 5.00. The predicted molar refractivity (Wildman–Crippen MR) is 119 cm³/mol. The van der Waals surface area contributed by atoms with Crippen molar-refractivity contribution >= 4 is 17.6 Å². The molecule has 2 heterocycles. The van der Waals surface area contributed by atoms with Crippen LogP contribution in [-0.4, -0.2) is 38.1 Å². The van der Waals surface area contributed by atoms with Crippen molar-refractivity contribution in [1.82, 2.24) is 19.9 Å². The summed E-state index contributed by atoms with van der Waals surface area (Å²) in [4.78, 5) is 30.3. The molecule has 3 N–H and O–H groups in total. The number of hydrogen-bond acceptors (Lipinski definition) is 5. The number of aromatic nitrogens is 3. The van der Waals surface area contributed by atoms with E-state index in [4.69, 9.17) is 5.11 Å². The number of nitrogens with zero attached hydrogens (tertiary/aromatic N) is 3. The number of anilines is 1. The van der Waals surface area contributed by atoms with E-state index in [0.29, 0.717) is 17.1 Å². The fourth-order valence-corrected chi connectivity index (χ4v) is 3.28. The first-order valence-corrected chi connectivity index (χ1v) is 10.6. The number of alkyl halides is 3. The Kier molecular flexibility index (Phi) is 7.87. The number of aliphatic carboxylic acids is 1. The van der Waals surface area contributed by atoms with Gasteiger partial charge in [0.2, 0.25) is 0 Å². The Hall–Kier alpha value is -3.89. The third-order valence-electron chi connectivity index (χ3n) is 5.00. The lowest BCUT2D eigenvalue weighted by molar-refractivity contribution is -0.141. The number of nitrogens with one attached hydrogen (secondary N) is 2. The summed E-state index contributed by atoms with van der Waals surface area (Å²) in [6.07, 6.45) is 0.498. The summed E-state index contributed by atoms with van der Waals surface area (Å²) >= 11 is 0. The van der Waals surface area contributed by atoms with Crippen LogP contribution >= 0.6 is 0 Å². The molecule has 0 aliphatic heterocycles. The maximum atomic E-state index is 12.8. The molecule has 0 aliphatic rings. The molecule has 3 aromatic rings. The lowest BCUT2D eigenvalue weighted by Crippen LogP contribution is -2.26. The average molecular weight is 475 g/mol. The number of carbonyl (C=O) groups excluding carboxylic acids is 1. The summed E-state index contributed by atoms with van der Waals surface area (Å²) in [5.41, 5.74) is 1.07. The van der Waals surface area contributed by atoms with Crippen molar-refractivity contribution in [1.29, 1.82) is 0 Å². The zero-order valence-corrected chi connectivity index (χ0v) is 18.3. The second kappa shape index (κ2) is 10.8. The summed E-state index contributed by atoms with van der Waals surface area (Å²) < 4.78 is 39.5. The van der Waals surface area contributed by atoms with Crippen molar-refractivity contribution < 1.29 is 27.9 Å². The SMILES string of the molecule is CCC[C@@H](Nc1ccc(-n2cnc(C(F)(F)F)c2)nc1)c1ccc(C(=O)NCCC(=O)O)cc1. The van der Waals surface area contributed by atoms with Crippen LogP contribution in [-0.2, 0) is 11.0 Å². The first-order valence-electron chi connectivity index (χ1n) is 10.6. The number of carboxylic acids is 1. The Bertz CT molecular complexity index is 1110. The van der Waals surface area contributed by atoms with Gasteiger partial charge in [0.25, 0.3) is 5.91 Å². The van der Waals surface area contributed by atoms with Gasteiger partial charge in [-0.2, -0.15) is 13.2 Å². The van der Waals surface area contributed by atoms with E-state index in [1.54, 1.807) is 24.3 Å². The van der Waals surface area contributed by atoms with Gasteiger partial charge in [0.05, 0.1) is 24.3 Å². The van der Waals surface area contributed by atoms with Gasteiger partial charge in [-0.05, 0) is 36.2 Å². The Morgan fingerprint density at radius 2 is 1.85 bits per heavy atom. The van der Waals surface area contributed by atoms with Gasteiger partial charge in [-0.15, -0.1) is 0 Å². The van der Waals surface area contributed by atoms with Crippen LogP contribution in [0.4, 0.5) is 18.9 Å². The van der Waals surface area contributed by atoms with E-state index in [1.165, 1.54) is 10.8 Å². The third kappa shape index (κ3) is 6.56. The molecular formula is C23H24F3N5O3. The zero-order chi connectivity index (χ0) is 24.7. The highest BCUT2D eigenvalue weighted by atomic mass is 19.4. The molecule has 1 amide bonds. The normalized spacial score (nSPS) is 12.2. The highest BCUT2D eigenvalue weighted by molar-refractivity contribution is 5.94. The molecule has 1 atom stereocenters. The maximum absolute atomic E-state index is 12.8. The minimum atomic E-state index is -4.52. The van der Waals surface area contributed by atoms with Gasteiger partial charge < -0.3 is 15.7 Å². The summed E-state index contributed by atoms with van der Waals surface area (Å²) in [5.74, 6) is -1.03. The van der Waals surface area contributed by atoms with Crippen LogP contribution in [0.15, 0.2) is 55.1 Å². The maximum Gasteiger partial charge on any atom is 0.434 e. The number of halogens is 3. The van der Waals surface area contributed by atoms with Crippen LogP contribution in [0, 0.1) is 0 Å². The number of carbonyl (C=O) groups is 2. The smallest absolute Gasteiger partial charge is 0.434 e. The lowest BCUT2D eigenvalue weighted by atomic mass is 10.0. The molecule has 0 spiro atoms. The monoisotopic (exact) mass is 475 g/mol. The predicted octanol–water partition coefficient (Wildman–Crippen LogP) is 4.44. The summed E-state index contributed by atoms with van der Waals surface area (Å²) in [5, 5.41) is 14.6. The molecule has 0 aliphatic carbocycles. The largest absolute Gasteiger partial charge is 0.481 e. The lowest BCUT2D eigenvalue weighted by Gasteiger charge is -2.20. The van der Waals surface area contributed by atoms with Gasteiger partial charge in [0, 0.05) is 18.3 Å². The van der Waals surface area contributed by atoms with Crippen LogP contribution in [0.2, 0.25) is 0 Å². The van der Waals surface area contributed by atoms with Crippen molar-refractivity contribution in [3.05, 3.63) is 71.9 Å². The molecule has 0 saturated carbocycles. The molecular weight excluding hydrogens is 451 g/mol. The molecule has 8 nitrogen and oxygen atoms in total. The van der Waals surface area contributed by atoms with E-state index in [-0.39, 0.29) is 24.9 Å². The number of hydrogen-bond donors (Lipinski definition) is 3. The van der Waals surface area contributed by atoms with E-state index in [9.17, 15) is 22.8 Å². The molecule has 0 radical (unpaired) electrons. The molecule has 34 heavy (non-hydrogen) atoms. The molecule has 3 rings (SSSR count). The van der Waals surface area contributed by atoms with E-state index in [1.807, 2.05) is 19.1 Å². The Morgan fingerprint density at radius 1 is 1.12 bits per heavy atom. The second-order valence-electron chi connectivity index (χ2n) is 7.58. The van der Waals surface area contributed by atoms with Gasteiger partial charge in [0.15, 0.2) is 5.69 Å². The van der Waals surface area contributed by atoms with Crippen molar-refractivity contribution in [3.8, 4) is 5.82 Å². The first kappa shape index (κ1) is 24.7. The summed E-state index contributed by atoms with van der Waals surface area (Å²) in [6.45, 7) is 2.09. The molecule has 180 valence electrons. The van der Waals surface area contributed by atoms with Crippen molar-refractivity contribution in [2.75, 3.05) is 11.9 Å². The van der Waals surface area contributed by atoms with Crippen molar-refractivity contribution in [3.63, 3.8) is 0 Å². The van der Waals surface area contributed by atoms with Crippen LogP contribution in [0.25, 0.3) is 5.82 Å². The molecule has 2 aromatic heterocycles. The minimum Gasteiger partial charge on any atom is -0.481 e. The first-order chi connectivity index (χ1) is 16.2. The molecule has 0 unspecified atom stereocenters. The van der Waals surface area contributed by atoms with Crippen molar-refractivity contribution in [2.24, 2.45) is 0 Å². The van der Waals surface area contributed by atoms with Gasteiger partial charge in [0.1, 0.15) is 12.1 Å². The Morgan fingerprint density at radius 3 is 2.41 bits per heavy atom. The zero-order valence-electron chi connectivity index (χ0n) is 18.3. The second-order valence-corrected chi connectivity index (χ2v) is 7.58. The summed E-state index contributed by atoms with van der Waals surface area (Å²) in [6, 6.07) is 10.2. The standard InChI is InChI=1S/C23H24F3N5O3/c1-2-3-18(15-4-6-16(7-5-15)22(34)27-11-10-21(32)33)30-17-8-9-20(28-12-17)31-13-19(29-14-31)23(24,25)26/h4-9,12-14,18,30H,2-3,10-11H2,1H3,(H,27,34)(H,32,33)/t18-/m1/s1. The number of benzene rings is 1.